The van der Waals surface area contributed by atoms with Crippen molar-refractivity contribution in [2.24, 2.45) is 16.8 Å². The Morgan fingerprint density at radius 1 is 1.46 bits per heavy atom. The molecule has 2 unspecified atom stereocenters. The molecule has 0 aliphatic carbocycles. The molecule has 0 aromatic heterocycles. The van der Waals surface area contributed by atoms with E-state index < -0.39 is 0 Å². The van der Waals surface area contributed by atoms with Crippen LogP contribution >= 0.6 is 0 Å². The van der Waals surface area contributed by atoms with Gasteiger partial charge in [-0.3, -0.25) is 0 Å². The van der Waals surface area contributed by atoms with Crippen LogP contribution in [0.4, 0.5) is 0 Å². The molecule has 0 aliphatic heterocycles. The lowest BCUT2D eigenvalue weighted by Crippen LogP contribution is -2.13. The highest BCUT2D eigenvalue weighted by Crippen LogP contribution is 2.26. The molecule has 76 valence electrons. The van der Waals surface area contributed by atoms with E-state index in [4.69, 9.17) is 0 Å². The first-order valence-electron chi connectivity index (χ1n) is 5.25. The van der Waals surface area contributed by atoms with Gasteiger partial charge >= 0.3 is 0 Å². The first kappa shape index (κ1) is 12.4. The SMILES string of the molecule is C=C(CC)C(C)C(CC)C/C=N\C. The Balaban J connectivity index is 4.13. The first-order chi connectivity index (χ1) is 6.17. The van der Waals surface area contributed by atoms with Crippen molar-refractivity contribution < 1.29 is 0 Å². The minimum Gasteiger partial charge on any atom is -0.301 e. The molecule has 13 heavy (non-hydrogen) atoms. The van der Waals surface area contributed by atoms with Crippen molar-refractivity contribution in [2.75, 3.05) is 7.05 Å². The fraction of sp³-hybridized carbons (Fsp3) is 0.750. The van der Waals surface area contributed by atoms with E-state index in [-0.39, 0.29) is 0 Å². The minimum atomic E-state index is 0.632. The van der Waals surface area contributed by atoms with Gasteiger partial charge in [0.1, 0.15) is 0 Å². The van der Waals surface area contributed by atoms with Crippen LogP contribution in [-0.4, -0.2) is 13.3 Å². The maximum absolute atomic E-state index is 4.11. The van der Waals surface area contributed by atoms with Crippen LogP contribution < -0.4 is 0 Å². The van der Waals surface area contributed by atoms with E-state index >= 15 is 0 Å². The second-order valence-corrected chi connectivity index (χ2v) is 3.65. The summed E-state index contributed by atoms with van der Waals surface area (Å²) in [5.41, 5.74) is 1.37. The van der Waals surface area contributed by atoms with E-state index in [2.05, 4.69) is 32.3 Å². The molecule has 0 saturated carbocycles. The lowest BCUT2D eigenvalue weighted by molar-refractivity contribution is 0.401. The van der Waals surface area contributed by atoms with Crippen LogP contribution in [0.3, 0.4) is 0 Å². The van der Waals surface area contributed by atoms with Gasteiger partial charge in [-0.2, -0.15) is 0 Å². The van der Waals surface area contributed by atoms with Crippen molar-refractivity contribution in [1.29, 1.82) is 0 Å². The molecule has 0 aliphatic rings. The zero-order valence-electron chi connectivity index (χ0n) is 9.51. The molecule has 1 heteroatoms. The molecule has 0 rings (SSSR count). The monoisotopic (exact) mass is 181 g/mol. The van der Waals surface area contributed by atoms with Crippen LogP contribution in [0.15, 0.2) is 17.1 Å². The first-order valence-corrected chi connectivity index (χ1v) is 5.25. The molecule has 2 atom stereocenters. The maximum atomic E-state index is 4.11. The Labute approximate surface area is 83.0 Å². The van der Waals surface area contributed by atoms with Crippen molar-refractivity contribution in [1.82, 2.24) is 0 Å². The maximum Gasteiger partial charge on any atom is 0.0273 e. The molecule has 0 heterocycles. The highest BCUT2D eigenvalue weighted by Gasteiger charge is 2.15. The average Bonchev–Trinajstić information content (AvgIpc) is 2.17. The molecular formula is C12H23N. The van der Waals surface area contributed by atoms with Gasteiger partial charge in [-0.05, 0) is 30.9 Å². The molecule has 0 amide bonds. The number of hydrogen-bond donors (Lipinski definition) is 0. The van der Waals surface area contributed by atoms with Gasteiger partial charge in [-0.1, -0.05) is 39.3 Å². The summed E-state index contributed by atoms with van der Waals surface area (Å²) in [6.07, 6.45) is 5.42. The summed E-state index contributed by atoms with van der Waals surface area (Å²) < 4.78 is 0. The second kappa shape index (κ2) is 6.88. The standard InChI is InChI=1S/C12H23N/c1-6-10(3)11(4)12(7-2)8-9-13-5/h9,11-12H,3,6-8H2,1-2,4-5H3/b13-9-. The Bertz CT molecular complexity index is 170. The molecule has 0 saturated heterocycles. The van der Waals surface area contributed by atoms with Gasteiger partial charge in [-0.15, -0.1) is 0 Å². The van der Waals surface area contributed by atoms with E-state index in [1.54, 1.807) is 0 Å². The number of hydrogen-bond acceptors (Lipinski definition) is 1. The average molecular weight is 181 g/mol. The van der Waals surface area contributed by atoms with E-state index in [9.17, 15) is 0 Å². The van der Waals surface area contributed by atoms with Crippen molar-refractivity contribution >= 4 is 6.21 Å². The Morgan fingerprint density at radius 2 is 2.08 bits per heavy atom. The number of rotatable bonds is 6. The molecule has 1 nitrogen and oxygen atoms in total. The highest BCUT2D eigenvalue weighted by atomic mass is 14.6. The highest BCUT2D eigenvalue weighted by molar-refractivity contribution is 5.57. The van der Waals surface area contributed by atoms with Crippen molar-refractivity contribution in [3.8, 4) is 0 Å². The topological polar surface area (TPSA) is 12.4 Å². The zero-order chi connectivity index (χ0) is 10.3. The van der Waals surface area contributed by atoms with Crippen molar-refractivity contribution in [2.45, 2.75) is 40.0 Å². The lowest BCUT2D eigenvalue weighted by atomic mass is 9.83. The van der Waals surface area contributed by atoms with E-state index in [1.165, 1.54) is 12.0 Å². The Kier molecular flexibility index (Phi) is 6.56. The third-order valence-electron chi connectivity index (χ3n) is 2.92. The van der Waals surface area contributed by atoms with Gasteiger partial charge < -0.3 is 4.99 Å². The lowest BCUT2D eigenvalue weighted by Gasteiger charge is -2.22. The Morgan fingerprint density at radius 3 is 2.46 bits per heavy atom. The smallest absolute Gasteiger partial charge is 0.0273 e. The fourth-order valence-electron chi connectivity index (χ4n) is 1.62. The summed E-state index contributed by atoms with van der Waals surface area (Å²) in [6.45, 7) is 10.8. The summed E-state index contributed by atoms with van der Waals surface area (Å²) in [4.78, 5) is 4.04. The van der Waals surface area contributed by atoms with E-state index in [0.717, 1.165) is 18.8 Å². The minimum absolute atomic E-state index is 0.632. The van der Waals surface area contributed by atoms with Crippen LogP contribution in [0.1, 0.15) is 40.0 Å². The van der Waals surface area contributed by atoms with Gasteiger partial charge in [0.25, 0.3) is 0 Å². The van der Waals surface area contributed by atoms with E-state index in [0.29, 0.717) is 5.92 Å². The summed E-state index contributed by atoms with van der Waals surface area (Å²) in [5.74, 6) is 1.35. The van der Waals surface area contributed by atoms with Gasteiger partial charge in [-0.25, -0.2) is 0 Å². The van der Waals surface area contributed by atoms with Gasteiger partial charge in [0, 0.05) is 7.05 Å². The predicted molar refractivity (Wildman–Crippen MR) is 61.4 cm³/mol. The second-order valence-electron chi connectivity index (χ2n) is 3.65. The van der Waals surface area contributed by atoms with Crippen molar-refractivity contribution in [3.63, 3.8) is 0 Å². The predicted octanol–water partition coefficient (Wildman–Crippen LogP) is 3.71. The van der Waals surface area contributed by atoms with Crippen LogP contribution in [0.5, 0.6) is 0 Å². The number of nitrogens with zero attached hydrogens (tertiary/aromatic N) is 1. The summed E-state index contributed by atoms with van der Waals surface area (Å²) in [6, 6.07) is 0. The number of aliphatic imine (C=N–C) groups is 1. The Hall–Kier alpha value is -0.590. The summed E-state index contributed by atoms with van der Waals surface area (Å²) in [7, 11) is 1.84. The molecule has 0 N–H and O–H groups in total. The van der Waals surface area contributed by atoms with Crippen LogP contribution in [-0.2, 0) is 0 Å². The van der Waals surface area contributed by atoms with Crippen LogP contribution in [0.25, 0.3) is 0 Å². The summed E-state index contributed by atoms with van der Waals surface area (Å²) >= 11 is 0. The van der Waals surface area contributed by atoms with E-state index in [1.807, 2.05) is 13.3 Å². The van der Waals surface area contributed by atoms with Gasteiger partial charge in [0.05, 0.1) is 0 Å². The number of allylic oxidation sites excluding steroid dienone is 1. The molecular weight excluding hydrogens is 158 g/mol. The van der Waals surface area contributed by atoms with Crippen LogP contribution in [0.2, 0.25) is 0 Å². The third-order valence-corrected chi connectivity index (χ3v) is 2.92. The molecule has 0 bridgehead atoms. The zero-order valence-corrected chi connectivity index (χ0v) is 9.51. The normalized spacial score (nSPS) is 16.0. The van der Waals surface area contributed by atoms with Gasteiger partial charge in [0.15, 0.2) is 0 Å². The molecule has 0 aromatic carbocycles. The molecule has 0 spiro atoms. The quantitative estimate of drug-likeness (QED) is 0.437. The third kappa shape index (κ3) is 4.25. The van der Waals surface area contributed by atoms with Crippen molar-refractivity contribution in [3.05, 3.63) is 12.2 Å². The summed E-state index contributed by atoms with van der Waals surface area (Å²) in [5, 5.41) is 0. The fourth-order valence-corrected chi connectivity index (χ4v) is 1.62. The van der Waals surface area contributed by atoms with Gasteiger partial charge in [0.2, 0.25) is 0 Å². The molecule has 0 fully saturated rings. The van der Waals surface area contributed by atoms with Crippen LogP contribution in [0, 0.1) is 11.8 Å². The molecule has 0 radical (unpaired) electrons. The largest absolute Gasteiger partial charge is 0.301 e. The molecule has 0 aromatic rings.